The maximum Gasteiger partial charge on any atom is 0.236 e. The number of rotatable bonds is 5. The molecular formula is C17H13F2N5OS. The van der Waals surface area contributed by atoms with Crippen LogP contribution in [0.25, 0.3) is 4.96 Å². The number of halogens is 2. The summed E-state index contributed by atoms with van der Waals surface area (Å²) in [5, 5.41) is 25.4. The summed E-state index contributed by atoms with van der Waals surface area (Å²) in [6.45, 7) is 0. The molecule has 2 aromatic carbocycles. The first-order chi connectivity index (χ1) is 12.6. The summed E-state index contributed by atoms with van der Waals surface area (Å²) in [5.74, 6) is -0.445. The molecule has 26 heavy (non-hydrogen) atoms. The Hall–Kier alpha value is -3.07. The fourth-order valence-corrected chi connectivity index (χ4v) is 3.36. The van der Waals surface area contributed by atoms with Crippen molar-refractivity contribution in [3.05, 3.63) is 65.5 Å². The van der Waals surface area contributed by atoms with Crippen LogP contribution in [-0.4, -0.2) is 24.9 Å². The van der Waals surface area contributed by atoms with E-state index in [2.05, 4.69) is 20.6 Å². The van der Waals surface area contributed by atoms with Gasteiger partial charge in [0.2, 0.25) is 10.1 Å². The lowest BCUT2D eigenvalue weighted by Crippen LogP contribution is -2.00. The van der Waals surface area contributed by atoms with Gasteiger partial charge in [0.25, 0.3) is 0 Å². The largest absolute Gasteiger partial charge is 0.508 e. The number of nitrogens with one attached hydrogen (secondary N) is 1. The molecule has 0 aliphatic rings. The van der Waals surface area contributed by atoms with E-state index >= 15 is 0 Å². The van der Waals surface area contributed by atoms with E-state index in [4.69, 9.17) is 0 Å². The predicted molar refractivity (Wildman–Crippen MR) is 93.8 cm³/mol. The molecule has 2 aromatic heterocycles. The normalized spacial score (nSPS) is 11.2. The van der Waals surface area contributed by atoms with Crippen molar-refractivity contribution in [3.8, 4) is 5.75 Å². The average molecular weight is 373 g/mol. The van der Waals surface area contributed by atoms with Gasteiger partial charge in [-0.15, -0.1) is 15.3 Å². The Kier molecular flexibility index (Phi) is 4.21. The van der Waals surface area contributed by atoms with Crippen LogP contribution in [0.15, 0.2) is 42.5 Å². The number of fused-ring (bicyclic) bond motifs is 1. The maximum atomic E-state index is 13.3. The second-order valence-electron chi connectivity index (χ2n) is 5.67. The van der Waals surface area contributed by atoms with Gasteiger partial charge in [0, 0.05) is 18.2 Å². The van der Waals surface area contributed by atoms with Crippen LogP contribution < -0.4 is 5.32 Å². The quantitative estimate of drug-likeness (QED) is 0.558. The number of aromatic hydroxyl groups is 1. The lowest BCUT2D eigenvalue weighted by molar-refractivity contribution is 0.474. The topological polar surface area (TPSA) is 75.3 Å². The third-order valence-electron chi connectivity index (χ3n) is 3.72. The van der Waals surface area contributed by atoms with Gasteiger partial charge in [-0.3, -0.25) is 0 Å². The van der Waals surface area contributed by atoms with E-state index in [1.54, 1.807) is 22.7 Å². The summed E-state index contributed by atoms with van der Waals surface area (Å²) in [4.78, 5) is 0.579. The van der Waals surface area contributed by atoms with Crippen molar-refractivity contribution in [2.24, 2.45) is 0 Å². The highest BCUT2D eigenvalue weighted by atomic mass is 32.1. The highest BCUT2D eigenvalue weighted by molar-refractivity contribution is 7.20. The minimum atomic E-state index is -0.665. The van der Waals surface area contributed by atoms with Gasteiger partial charge in [0.05, 0.1) is 0 Å². The second kappa shape index (κ2) is 6.68. The monoisotopic (exact) mass is 373 g/mol. The first kappa shape index (κ1) is 16.4. The highest BCUT2D eigenvalue weighted by Crippen LogP contribution is 2.24. The lowest BCUT2D eigenvalue weighted by Gasteiger charge is -2.02. The zero-order valence-corrected chi connectivity index (χ0v) is 14.2. The SMILES string of the molecule is Oc1cccc(CCc2nnc3sc(Nc4cc(F)cc(F)c4)nn23)c1. The molecule has 0 unspecified atom stereocenters. The van der Waals surface area contributed by atoms with Gasteiger partial charge in [0.1, 0.15) is 17.4 Å². The number of anilines is 2. The number of hydrogen-bond donors (Lipinski definition) is 2. The molecule has 0 bridgehead atoms. The van der Waals surface area contributed by atoms with Crippen molar-refractivity contribution in [1.29, 1.82) is 0 Å². The third-order valence-corrected chi connectivity index (χ3v) is 4.53. The van der Waals surface area contributed by atoms with Gasteiger partial charge in [0.15, 0.2) is 5.82 Å². The molecule has 4 rings (SSSR count). The fraction of sp³-hybridized carbons (Fsp3) is 0.118. The first-order valence-corrected chi connectivity index (χ1v) is 8.60. The molecule has 0 fully saturated rings. The minimum absolute atomic E-state index is 0.219. The molecule has 9 heteroatoms. The molecule has 0 aliphatic heterocycles. The number of aromatic nitrogens is 4. The molecule has 6 nitrogen and oxygen atoms in total. The van der Waals surface area contributed by atoms with Crippen LogP contribution in [0, 0.1) is 11.6 Å². The molecule has 0 radical (unpaired) electrons. The Bertz CT molecular complexity index is 1060. The van der Waals surface area contributed by atoms with Gasteiger partial charge in [-0.1, -0.05) is 23.5 Å². The van der Waals surface area contributed by atoms with E-state index in [9.17, 15) is 13.9 Å². The Labute approximate surface area is 150 Å². The third kappa shape index (κ3) is 3.47. The number of hydrogen-bond acceptors (Lipinski definition) is 6. The molecule has 2 heterocycles. The van der Waals surface area contributed by atoms with E-state index in [1.807, 2.05) is 6.07 Å². The van der Waals surface area contributed by atoms with E-state index < -0.39 is 11.6 Å². The van der Waals surface area contributed by atoms with E-state index in [1.165, 1.54) is 23.5 Å². The molecule has 0 spiro atoms. The number of benzene rings is 2. The molecule has 0 amide bonds. The standard InChI is InChI=1S/C17H13F2N5OS/c18-11-7-12(19)9-13(8-11)20-16-23-24-15(21-22-17(24)26-16)5-4-10-2-1-3-14(25)6-10/h1-3,6-9,25H,4-5H2,(H,20,23). The van der Waals surface area contributed by atoms with Crippen LogP contribution in [-0.2, 0) is 12.8 Å². The summed E-state index contributed by atoms with van der Waals surface area (Å²) in [5.41, 5.74) is 1.25. The Balaban J connectivity index is 1.53. The Morgan fingerprint density at radius 2 is 1.85 bits per heavy atom. The Morgan fingerprint density at radius 3 is 2.62 bits per heavy atom. The van der Waals surface area contributed by atoms with Crippen molar-refractivity contribution in [3.63, 3.8) is 0 Å². The van der Waals surface area contributed by atoms with Crippen molar-refractivity contribution < 1.29 is 13.9 Å². The minimum Gasteiger partial charge on any atom is -0.508 e. The van der Waals surface area contributed by atoms with Crippen molar-refractivity contribution >= 4 is 27.1 Å². The molecule has 0 aliphatic carbocycles. The van der Waals surface area contributed by atoms with Gasteiger partial charge in [-0.05, 0) is 36.2 Å². The van der Waals surface area contributed by atoms with E-state index in [0.29, 0.717) is 28.8 Å². The number of nitrogens with zero attached hydrogens (tertiary/aromatic N) is 4. The van der Waals surface area contributed by atoms with Crippen LogP contribution in [0.5, 0.6) is 5.75 Å². The number of phenols is 1. The smallest absolute Gasteiger partial charge is 0.236 e. The first-order valence-electron chi connectivity index (χ1n) is 7.79. The van der Waals surface area contributed by atoms with Gasteiger partial charge >= 0.3 is 0 Å². The molecule has 132 valence electrons. The lowest BCUT2D eigenvalue weighted by atomic mass is 10.1. The molecule has 4 aromatic rings. The van der Waals surface area contributed by atoms with Crippen LogP contribution in [0.4, 0.5) is 19.6 Å². The Morgan fingerprint density at radius 1 is 1.04 bits per heavy atom. The van der Waals surface area contributed by atoms with Crippen LogP contribution in [0.1, 0.15) is 11.4 Å². The molecule has 2 N–H and O–H groups in total. The fourth-order valence-electron chi connectivity index (χ4n) is 2.58. The van der Waals surface area contributed by atoms with Crippen molar-refractivity contribution in [1.82, 2.24) is 19.8 Å². The second-order valence-corrected chi connectivity index (χ2v) is 6.63. The van der Waals surface area contributed by atoms with Gasteiger partial charge in [-0.25, -0.2) is 8.78 Å². The van der Waals surface area contributed by atoms with Crippen molar-refractivity contribution in [2.45, 2.75) is 12.8 Å². The molecule has 0 saturated heterocycles. The summed E-state index contributed by atoms with van der Waals surface area (Å²) >= 11 is 1.23. The summed E-state index contributed by atoms with van der Waals surface area (Å²) in [6.07, 6.45) is 1.26. The summed E-state index contributed by atoms with van der Waals surface area (Å²) in [7, 11) is 0. The highest BCUT2D eigenvalue weighted by Gasteiger charge is 2.12. The average Bonchev–Trinajstić information content (AvgIpc) is 3.12. The van der Waals surface area contributed by atoms with Gasteiger partial charge in [-0.2, -0.15) is 4.52 Å². The molecule has 0 saturated carbocycles. The summed E-state index contributed by atoms with van der Waals surface area (Å²) < 4.78 is 28.2. The predicted octanol–water partition coefficient (Wildman–Crippen LogP) is 3.70. The maximum absolute atomic E-state index is 13.3. The van der Waals surface area contributed by atoms with Crippen molar-refractivity contribution in [2.75, 3.05) is 5.32 Å². The van der Waals surface area contributed by atoms with E-state index in [-0.39, 0.29) is 11.4 Å². The zero-order chi connectivity index (χ0) is 18.1. The van der Waals surface area contributed by atoms with E-state index in [0.717, 1.165) is 11.6 Å². The molecular weight excluding hydrogens is 360 g/mol. The zero-order valence-electron chi connectivity index (χ0n) is 13.4. The van der Waals surface area contributed by atoms with Crippen LogP contribution >= 0.6 is 11.3 Å². The van der Waals surface area contributed by atoms with Gasteiger partial charge < -0.3 is 10.4 Å². The number of phenolic OH excluding ortho intramolecular Hbond substituents is 1. The number of aryl methyl sites for hydroxylation is 2. The molecule has 0 atom stereocenters. The van der Waals surface area contributed by atoms with Crippen LogP contribution in [0.3, 0.4) is 0 Å². The van der Waals surface area contributed by atoms with Crippen LogP contribution in [0.2, 0.25) is 0 Å². The summed E-state index contributed by atoms with van der Waals surface area (Å²) in [6, 6.07) is 10.2.